The minimum atomic E-state index is -4.37. The number of aromatic nitrogens is 2. The summed E-state index contributed by atoms with van der Waals surface area (Å²) in [5.74, 6) is -1.65. The van der Waals surface area contributed by atoms with E-state index in [4.69, 9.17) is 4.74 Å². The van der Waals surface area contributed by atoms with Crippen molar-refractivity contribution in [2.75, 3.05) is 20.2 Å². The molecule has 2 aliphatic rings. The zero-order valence-corrected chi connectivity index (χ0v) is 20.4. The second-order valence-electron chi connectivity index (χ2n) is 8.75. The van der Waals surface area contributed by atoms with Gasteiger partial charge in [0.25, 0.3) is 15.9 Å². The first-order chi connectivity index (χ1) is 17.2. The molecule has 2 aromatic rings. The number of esters is 1. The van der Waals surface area contributed by atoms with Crippen molar-refractivity contribution in [2.24, 2.45) is 11.8 Å². The Kier molecular flexibility index (Phi) is 7.38. The van der Waals surface area contributed by atoms with Crippen molar-refractivity contribution < 1.29 is 32.3 Å². The number of benzene rings is 1. The van der Waals surface area contributed by atoms with Crippen molar-refractivity contribution in [2.45, 2.75) is 36.6 Å². The lowest BCUT2D eigenvalue weighted by Gasteiger charge is -2.36. The van der Waals surface area contributed by atoms with E-state index in [9.17, 15) is 27.6 Å². The zero-order chi connectivity index (χ0) is 25.9. The Morgan fingerprint density at radius 2 is 1.92 bits per heavy atom. The molecule has 13 heteroatoms. The van der Waals surface area contributed by atoms with Crippen LogP contribution in [-0.2, 0) is 24.3 Å². The molecular formula is C23H27N5O7S. The molecule has 1 saturated carbocycles. The molecule has 1 aromatic carbocycles. The fraction of sp³-hybridized carbons (Fsp3) is 0.435. The van der Waals surface area contributed by atoms with Crippen LogP contribution in [-0.4, -0.2) is 77.6 Å². The summed E-state index contributed by atoms with van der Waals surface area (Å²) in [6, 6.07) is 4.75. The van der Waals surface area contributed by atoms with Crippen LogP contribution in [0.3, 0.4) is 0 Å². The number of urea groups is 1. The van der Waals surface area contributed by atoms with Crippen LogP contribution in [0.15, 0.2) is 47.6 Å². The number of ether oxygens (including phenoxy) is 1. The number of nitrogens with one attached hydrogen (secondary N) is 2. The van der Waals surface area contributed by atoms with Crippen LogP contribution in [0.4, 0.5) is 4.79 Å². The molecule has 4 amide bonds. The third-order valence-corrected chi connectivity index (χ3v) is 8.27. The smallest absolute Gasteiger partial charge is 0.341 e. The maximum absolute atomic E-state index is 13.1. The number of hydrogen-bond acceptors (Lipinski definition) is 8. The van der Waals surface area contributed by atoms with Crippen molar-refractivity contribution in [3.8, 4) is 0 Å². The molecule has 2 N–H and O–H groups in total. The lowest BCUT2D eigenvalue weighted by Crippen LogP contribution is -2.46. The molecule has 1 unspecified atom stereocenters. The monoisotopic (exact) mass is 517 g/mol. The Balaban J connectivity index is 1.33. The minimum absolute atomic E-state index is 0.163. The molecule has 0 spiro atoms. The van der Waals surface area contributed by atoms with Gasteiger partial charge in [0, 0.05) is 24.9 Å². The first kappa shape index (κ1) is 25.4. The summed E-state index contributed by atoms with van der Waals surface area (Å²) in [7, 11) is -3.28. The summed E-state index contributed by atoms with van der Waals surface area (Å²) in [6.45, 7) is 0.0722. The van der Waals surface area contributed by atoms with Crippen LogP contribution >= 0.6 is 0 Å². The first-order valence-electron chi connectivity index (χ1n) is 11.5. The molecule has 1 saturated heterocycles. The number of carbonyl (C=O) groups excluding carboxylic acids is 4. The van der Waals surface area contributed by atoms with Gasteiger partial charge in [0.2, 0.25) is 5.91 Å². The topological polar surface area (TPSA) is 159 Å². The highest BCUT2D eigenvalue weighted by molar-refractivity contribution is 7.89. The van der Waals surface area contributed by atoms with E-state index in [0.717, 1.165) is 18.4 Å². The van der Waals surface area contributed by atoms with Crippen molar-refractivity contribution in [1.29, 1.82) is 0 Å². The second kappa shape index (κ2) is 10.5. The summed E-state index contributed by atoms with van der Waals surface area (Å²) >= 11 is 0. The predicted molar refractivity (Wildman–Crippen MR) is 125 cm³/mol. The third kappa shape index (κ3) is 4.96. The predicted octanol–water partition coefficient (Wildman–Crippen LogP) is 1.14. The highest BCUT2D eigenvalue weighted by Gasteiger charge is 2.53. The van der Waals surface area contributed by atoms with E-state index in [1.807, 2.05) is 0 Å². The Labute approximate surface area is 208 Å². The van der Waals surface area contributed by atoms with Crippen LogP contribution in [0.2, 0.25) is 0 Å². The van der Waals surface area contributed by atoms with E-state index >= 15 is 0 Å². The number of imide groups is 1. The van der Waals surface area contributed by atoms with Gasteiger partial charge >= 0.3 is 12.0 Å². The molecule has 2 heterocycles. The summed E-state index contributed by atoms with van der Waals surface area (Å²) in [5, 5.41) is 2.77. The van der Waals surface area contributed by atoms with Crippen molar-refractivity contribution in [1.82, 2.24) is 24.5 Å². The molecule has 1 aromatic heterocycles. The standard InChI is InChI=1S/C23H27N5O7S/c1-35-22(31)18-14-27(23(32)28(18)36(33,34)17-7-3-2-4-8-17)21(30)16-12-15(13-16)6-5-9-26-20(29)19-24-10-11-25-19/h2-4,7-8,10-11,15-16,18H,5-6,9,12-14H2,1H3,(H,24,25)(H,26,29). The van der Waals surface area contributed by atoms with Gasteiger partial charge in [-0.2, -0.15) is 0 Å². The van der Waals surface area contributed by atoms with E-state index in [0.29, 0.717) is 30.1 Å². The van der Waals surface area contributed by atoms with Crippen LogP contribution in [0.5, 0.6) is 0 Å². The molecule has 1 aliphatic heterocycles. The minimum Gasteiger partial charge on any atom is -0.467 e. The Bertz CT molecular complexity index is 1230. The van der Waals surface area contributed by atoms with Gasteiger partial charge in [0.15, 0.2) is 11.9 Å². The molecule has 36 heavy (non-hydrogen) atoms. The summed E-state index contributed by atoms with van der Waals surface area (Å²) in [6.07, 6.45) is 5.65. The highest BCUT2D eigenvalue weighted by Crippen LogP contribution is 2.39. The number of H-pyrrole nitrogens is 1. The largest absolute Gasteiger partial charge is 0.467 e. The van der Waals surface area contributed by atoms with E-state index in [-0.39, 0.29) is 22.5 Å². The first-order valence-corrected chi connectivity index (χ1v) is 13.0. The molecule has 1 atom stereocenters. The van der Waals surface area contributed by atoms with Gasteiger partial charge < -0.3 is 15.0 Å². The zero-order valence-electron chi connectivity index (χ0n) is 19.6. The van der Waals surface area contributed by atoms with Gasteiger partial charge in [0.05, 0.1) is 18.6 Å². The van der Waals surface area contributed by atoms with Gasteiger partial charge in [0.1, 0.15) is 0 Å². The summed E-state index contributed by atoms with van der Waals surface area (Å²) in [4.78, 5) is 57.7. The molecule has 4 rings (SSSR count). The van der Waals surface area contributed by atoms with Crippen molar-refractivity contribution in [3.63, 3.8) is 0 Å². The number of nitrogens with zero attached hydrogens (tertiary/aromatic N) is 3. The average molecular weight is 518 g/mol. The molecule has 1 aliphatic carbocycles. The lowest BCUT2D eigenvalue weighted by molar-refractivity contribution is -0.144. The van der Waals surface area contributed by atoms with Crippen LogP contribution in [0, 0.1) is 11.8 Å². The van der Waals surface area contributed by atoms with Crippen LogP contribution < -0.4 is 5.32 Å². The van der Waals surface area contributed by atoms with Gasteiger partial charge in [-0.15, -0.1) is 0 Å². The maximum Gasteiger partial charge on any atom is 0.341 e. The summed E-state index contributed by atoms with van der Waals surface area (Å²) in [5.41, 5.74) is 0. The van der Waals surface area contributed by atoms with E-state index in [1.165, 1.54) is 30.5 Å². The number of methoxy groups -OCH3 is 1. The molecule has 0 radical (unpaired) electrons. The van der Waals surface area contributed by atoms with E-state index in [1.54, 1.807) is 12.3 Å². The quantitative estimate of drug-likeness (QED) is 0.370. The SMILES string of the molecule is COC(=O)C1CN(C(=O)C2CC(CCCNC(=O)c3ncc[nH]3)C2)C(=O)N1S(=O)(=O)c1ccccc1. The molecule has 0 bridgehead atoms. The normalized spacial score (nSPS) is 21.7. The number of sulfonamides is 1. The summed E-state index contributed by atoms with van der Waals surface area (Å²) < 4.78 is 31.4. The number of hydrogen-bond donors (Lipinski definition) is 2. The lowest BCUT2D eigenvalue weighted by atomic mass is 9.72. The highest BCUT2D eigenvalue weighted by atomic mass is 32.2. The fourth-order valence-corrected chi connectivity index (χ4v) is 6.02. The van der Waals surface area contributed by atoms with Crippen molar-refractivity contribution in [3.05, 3.63) is 48.5 Å². The van der Waals surface area contributed by atoms with Crippen LogP contribution in [0.25, 0.3) is 0 Å². The van der Waals surface area contributed by atoms with Gasteiger partial charge in [-0.25, -0.2) is 27.3 Å². The van der Waals surface area contributed by atoms with Crippen LogP contribution in [0.1, 0.15) is 36.3 Å². The second-order valence-corrected chi connectivity index (χ2v) is 10.6. The van der Waals surface area contributed by atoms with Gasteiger partial charge in [-0.3, -0.25) is 14.5 Å². The van der Waals surface area contributed by atoms with Gasteiger partial charge in [-0.1, -0.05) is 18.2 Å². The molecule has 192 valence electrons. The number of carbonyl (C=O) groups is 4. The van der Waals surface area contributed by atoms with Crippen molar-refractivity contribution >= 4 is 33.8 Å². The van der Waals surface area contributed by atoms with Gasteiger partial charge in [-0.05, 0) is 43.7 Å². The third-order valence-electron chi connectivity index (χ3n) is 6.47. The number of imidazole rings is 1. The van der Waals surface area contributed by atoms with E-state index < -0.39 is 46.4 Å². The number of aromatic amines is 1. The maximum atomic E-state index is 13.1. The number of rotatable bonds is 9. The van der Waals surface area contributed by atoms with E-state index in [2.05, 4.69) is 15.3 Å². The molecule has 12 nitrogen and oxygen atoms in total. The Morgan fingerprint density at radius 1 is 1.19 bits per heavy atom. The average Bonchev–Trinajstić information content (AvgIpc) is 3.51. The molecular weight excluding hydrogens is 490 g/mol. The fourth-order valence-electron chi connectivity index (χ4n) is 4.50. The molecule has 2 fully saturated rings. The Hall–Kier alpha value is -3.74. The Morgan fingerprint density at radius 3 is 2.56 bits per heavy atom. The number of amides is 4.